The first-order valence-corrected chi connectivity index (χ1v) is 13.5. The van der Waals surface area contributed by atoms with E-state index in [4.69, 9.17) is 0 Å². The molecule has 3 fully saturated rings. The molecule has 118 valence electrons. The van der Waals surface area contributed by atoms with Crippen LogP contribution in [0.5, 0.6) is 0 Å². The minimum absolute atomic E-state index is 0.0441. The number of thioether (sulfide) groups is 1. The van der Waals surface area contributed by atoms with E-state index >= 15 is 0 Å². The molecular weight excluding hydrogens is 360 g/mol. The molecule has 0 saturated carbocycles. The smallest absolute Gasteiger partial charge is 0.144 e. The Morgan fingerprint density at radius 1 is 0.905 bits per heavy atom. The van der Waals surface area contributed by atoms with Gasteiger partial charge in [0.25, 0.3) is 0 Å². The van der Waals surface area contributed by atoms with E-state index in [9.17, 15) is 9.59 Å². The highest BCUT2D eigenvalue weighted by atomic mass is 33.1. The zero-order chi connectivity index (χ0) is 14.7. The van der Waals surface area contributed by atoms with Gasteiger partial charge in [0.1, 0.15) is 11.6 Å². The van der Waals surface area contributed by atoms with E-state index in [1.807, 2.05) is 44.1 Å². The number of carbonyl (C=O) groups is 2. The van der Waals surface area contributed by atoms with Crippen LogP contribution in [-0.2, 0) is 9.59 Å². The number of hydrogen-bond acceptors (Lipinski definition) is 7. The van der Waals surface area contributed by atoms with Gasteiger partial charge in [-0.05, 0) is 18.6 Å². The van der Waals surface area contributed by atoms with Crippen molar-refractivity contribution in [2.45, 2.75) is 19.3 Å². The molecule has 3 aliphatic rings. The summed E-state index contributed by atoms with van der Waals surface area (Å²) >= 11 is 1.90. The number of carbonyl (C=O) groups excluding carboxylic acids is 2. The Balaban J connectivity index is 1.98. The normalized spacial score (nSPS) is 39.0. The average molecular weight is 381 g/mol. The van der Waals surface area contributed by atoms with Crippen LogP contribution in [0.4, 0.5) is 0 Å². The molecule has 21 heavy (non-hydrogen) atoms. The summed E-state index contributed by atoms with van der Waals surface area (Å²) in [6.45, 7) is 0. The van der Waals surface area contributed by atoms with E-state index in [1.54, 1.807) is 10.8 Å². The molecule has 2 nitrogen and oxygen atoms in total. The van der Waals surface area contributed by atoms with Crippen molar-refractivity contribution in [2.75, 3.05) is 34.5 Å². The molecule has 0 aliphatic carbocycles. The first-order chi connectivity index (χ1) is 10.2. The van der Waals surface area contributed by atoms with Crippen LogP contribution in [0.15, 0.2) is 0 Å². The van der Waals surface area contributed by atoms with E-state index in [2.05, 4.69) is 0 Å². The van der Waals surface area contributed by atoms with E-state index in [0.29, 0.717) is 18.0 Å². The van der Waals surface area contributed by atoms with Gasteiger partial charge in [-0.25, -0.2) is 0 Å². The first kappa shape index (κ1) is 16.9. The number of fused-ring (bicyclic) bond motifs is 1. The van der Waals surface area contributed by atoms with Crippen LogP contribution in [0, 0.1) is 17.3 Å². The first-order valence-electron chi connectivity index (χ1n) is 7.38. The maximum atomic E-state index is 13.3. The zero-order valence-electron chi connectivity index (χ0n) is 11.9. The molecule has 0 N–H and O–H groups in total. The predicted octanol–water partition coefficient (Wildman–Crippen LogP) is 4.05. The van der Waals surface area contributed by atoms with Crippen molar-refractivity contribution in [1.29, 1.82) is 0 Å². The lowest BCUT2D eigenvalue weighted by molar-refractivity contribution is -0.139. The van der Waals surface area contributed by atoms with E-state index in [-0.39, 0.29) is 11.8 Å². The Hall–Kier alpha value is 1.09. The fraction of sp³-hybridized carbons (Fsp3) is 0.857. The topological polar surface area (TPSA) is 34.1 Å². The highest BCUT2D eigenvalue weighted by Crippen LogP contribution is 2.50. The molecule has 3 rings (SSSR count). The van der Waals surface area contributed by atoms with Crippen LogP contribution >= 0.6 is 54.9 Å². The van der Waals surface area contributed by atoms with Crippen molar-refractivity contribution in [1.82, 2.24) is 0 Å². The van der Waals surface area contributed by atoms with Gasteiger partial charge < -0.3 is 0 Å². The number of hydrogen-bond donors (Lipinski definition) is 0. The Labute approximate surface area is 146 Å². The second-order valence-electron chi connectivity index (χ2n) is 5.81. The van der Waals surface area contributed by atoms with Crippen molar-refractivity contribution in [3.05, 3.63) is 0 Å². The van der Waals surface area contributed by atoms with Crippen LogP contribution in [0.1, 0.15) is 19.3 Å². The fourth-order valence-corrected chi connectivity index (χ4v) is 10.2. The molecule has 0 amide bonds. The number of ketones is 2. The minimum Gasteiger partial charge on any atom is -0.299 e. The molecule has 1 unspecified atom stereocenters. The van der Waals surface area contributed by atoms with Crippen LogP contribution in [0.25, 0.3) is 0 Å². The third-order valence-electron chi connectivity index (χ3n) is 4.59. The second kappa shape index (κ2) is 7.77. The number of Topliss-reactive ketones (excluding diaryl/α,β-unsaturated/α-hetero) is 2. The molecule has 2 bridgehead atoms. The molecule has 3 heterocycles. The standard InChI is InChI=1S/C14H20O2S5/c15-12-3-6-19-21-9-14-8-20-18-5-2-10(13(14)16)1-4-17-7-11(12)14/h10-11H,1-9H2/t10-,11+,14?/m1/s1. The van der Waals surface area contributed by atoms with Crippen LogP contribution in [0.2, 0.25) is 0 Å². The third kappa shape index (κ3) is 3.62. The highest BCUT2D eigenvalue weighted by Gasteiger charge is 2.51. The molecule has 0 aromatic rings. The van der Waals surface area contributed by atoms with E-state index in [0.717, 1.165) is 47.4 Å². The quantitative estimate of drug-likeness (QED) is 0.586. The largest absolute Gasteiger partial charge is 0.299 e. The monoisotopic (exact) mass is 380 g/mol. The molecule has 7 heteroatoms. The third-order valence-corrected chi connectivity index (χ3v) is 10.8. The van der Waals surface area contributed by atoms with Gasteiger partial charge in [0.2, 0.25) is 0 Å². The van der Waals surface area contributed by atoms with Gasteiger partial charge in [0.05, 0.1) is 5.41 Å². The lowest BCUT2D eigenvalue weighted by Crippen LogP contribution is -2.52. The molecule has 0 aromatic carbocycles. The summed E-state index contributed by atoms with van der Waals surface area (Å²) in [6, 6.07) is 0. The Bertz CT molecular complexity index is 408. The van der Waals surface area contributed by atoms with Crippen molar-refractivity contribution < 1.29 is 9.59 Å². The average Bonchev–Trinajstić information content (AvgIpc) is 2.44. The fourth-order valence-electron chi connectivity index (χ4n) is 3.28. The Morgan fingerprint density at radius 3 is 2.43 bits per heavy atom. The summed E-state index contributed by atoms with van der Waals surface area (Å²) in [7, 11) is 7.32. The van der Waals surface area contributed by atoms with Gasteiger partial charge >= 0.3 is 0 Å². The lowest BCUT2D eigenvalue weighted by Gasteiger charge is -2.43. The summed E-state index contributed by atoms with van der Waals surface area (Å²) in [6.07, 6.45) is 2.65. The second-order valence-corrected chi connectivity index (χ2v) is 12.1. The predicted molar refractivity (Wildman–Crippen MR) is 100 cm³/mol. The van der Waals surface area contributed by atoms with Gasteiger partial charge in [-0.1, -0.05) is 43.2 Å². The van der Waals surface area contributed by atoms with Crippen molar-refractivity contribution in [2.24, 2.45) is 17.3 Å². The maximum Gasteiger partial charge on any atom is 0.144 e. The number of rotatable bonds is 0. The molecule has 3 aliphatic heterocycles. The van der Waals surface area contributed by atoms with Gasteiger partial charge in [0.15, 0.2) is 0 Å². The summed E-state index contributed by atoms with van der Waals surface area (Å²) in [4.78, 5) is 26.0. The van der Waals surface area contributed by atoms with Crippen LogP contribution in [-0.4, -0.2) is 46.1 Å². The Kier molecular flexibility index (Phi) is 6.27. The molecule has 3 saturated heterocycles. The summed E-state index contributed by atoms with van der Waals surface area (Å²) in [5.74, 6) is 6.44. The van der Waals surface area contributed by atoms with Crippen LogP contribution < -0.4 is 0 Å². The lowest BCUT2D eigenvalue weighted by atomic mass is 9.68. The molecular formula is C14H20O2S5. The molecule has 3 atom stereocenters. The minimum atomic E-state index is -0.397. The molecule has 0 aromatic heterocycles. The zero-order valence-corrected chi connectivity index (χ0v) is 16.0. The summed E-state index contributed by atoms with van der Waals surface area (Å²) in [5, 5.41) is 0. The van der Waals surface area contributed by atoms with Crippen LogP contribution in [0.3, 0.4) is 0 Å². The summed E-state index contributed by atoms with van der Waals surface area (Å²) in [5.41, 5.74) is -0.397. The van der Waals surface area contributed by atoms with Gasteiger partial charge in [-0.2, -0.15) is 11.8 Å². The summed E-state index contributed by atoms with van der Waals surface area (Å²) < 4.78 is 0. The van der Waals surface area contributed by atoms with Gasteiger partial charge in [-0.3, -0.25) is 9.59 Å². The highest BCUT2D eigenvalue weighted by molar-refractivity contribution is 8.77. The Morgan fingerprint density at radius 2 is 1.62 bits per heavy atom. The molecule has 1 spiro atoms. The van der Waals surface area contributed by atoms with Gasteiger partial charge in [-0.15, -0.1) is 0 Å². The molecule has 0 radical (unpaired) electrons. The maximum absolute atomic E-state index is 13.3. The van der Waals surface area contributed by atoms with Crippen molar-refractivity contribution in [3.63, 3.8) is 0 Å². The van der Waals surface area contributed by atoms with Crippen molar-refractivity contribution in [3.8, 4) is 0 Å². The van der Waals surface area contributed by atoms with Gasteiger partial charge in [0, 0.05) is 47.0 Å². The van der Waals surface area contributed by atoms with Crippen molar-refractivity contribution >= 4 is 66.5 Å². The SMILES string of the molecule is O=C1CCSSCC23CSSCC[C@@H](CCSC[C@@H]12)C3=O. The van der Waals surface area contributed by atoms with E-state index in [1.165, 1.54) is 0 Å². The van der Waals surface area contributed by atoms with E-state index < -0.39 is 5.41 Å².